The first-order chi connectivity index (χ1) is 7.93. The highest BCUT2D eigenvalue weighted by atomic mass is 35.5. The zero-order valence-electron chi connectivity index (χ0n) is 9.95. The standard InChI is InChI=1S/C11H14F3NO2.ClH/c1-16-9-5-7(11(12,13)14)3-4-8(9)10(6-15)17-2;/h3-5,10H,6,15H2,1-2H3;1H. The fourth-order valence-corrected chi connectivity index (χ4v) is 1.50. The fourth-order valence-electron chi connectivity index (χ4n) is 1.50. The second-order valence-corrected chi connectivity index (χ2v) is 3.41. The third kappa shape index (κ3) is 3.76. The molecule has 1 aromatic carbocycles. The van der Waals surface area contributed by atoms with Crippen LogP contribution in [0.2, 0.25) is 0 Å². The summed E-state index contributed by atoms with van der Waals surface area (Å²) in [5.74, 6) is 0.122. The van der Waals surface area contributed by atoms with Crippen molar-refractivity contribution in [2.24, 2.45) is 5.73 Å². The van der Waals surface area contributed by atoms with Gasteiger partial charge in [0, 0.05) is 19.2 Å². The van der Waals surface area contributed by atoms with Gasteiger partial charge in [0.05, 0.1) is 18.8 Å². The van der Waals surface area contributed by atoms with Gasteiger partial charge in [-0.1, -0.05) is 6.07 Å². The van der Waals surface area contributed by atoms with Crippen LogP contribution in [0.5, 0.6) is 5.75 Å². The van der Waals surface area contributed by atoms with Crippen LogP contribution in [-0.4, -0.2) is 20.8 Å². The average Bonchev–Trinajstić information content (AvgIpc) is 2.29. The third-order valence-electron chi connectivity index (χ3n) is 2.41. The summed E-state index contributed by atoms with van der Waals surface area (Å²) < 4.78 is 47.5. The minimum Gasteiger partial charge on any atom is -0.496 e. The van der Waals surface area contributed by atoms with E-state index >= 15 is 0 Å². The number of hydrogen-bond acceptors (Lipinski definition) is 3. The first kappa shape index (κ1) is 17.0. The summed E-state index contributed by atoms with van der Waals surface area (Å²) in [6.07, 6.45) is -4.87. The molecule has 0 aliphatic carbocycles. The van der Waals surface area contributed by atoms with Crippen molar-refractivity contribution in [3.8, 4) is 5.75 Å². The van der Waals surface area contributed by atoms with Crippen LogP contribution in [0.25, 0.3) is 0 Å². The molecular formula is C11H15ClF3NO2. The lowest BCUT2D eigenvalue weighted by Gasteiger charge is -2.18. The molecule has 104 valence electrons. The van der Waals surface area contributed by atoms with Gasteiger partial charge in [0.2, 0.25) is 0 Å². The van der Waals surface area contributed by atoms with E-state index in [4.69, 9.17) is 15.2 Å². The Hall–Kier alpha value is -0.980. The summed E-state index contributed by atoms with van der Waals surface area (Å²) in [6.45, 7) is 0.165. The number of ether oxygens (including phenoxy) is 2. The summed E-state index contributed by atoms with van der Waals surface area (Å²) in [4.78, 5) is 0. The SMILES string of the molecule is COc1cc(C(F)(F)F)ccc1C(CN)OC.Cl. The molecule has 18 heavy (non-hydrogen) atoms. The molecule has 1 unspecified atom stereocenters. The van der Waals surface area contributed by atoms with Crippen LogP contribution in [0, 0.1) is 0 Å². The molecule has 0 spiro atoms. The van der Waals surface area contributed by atoms with Crippen molar-refractivity contribution in [1.29, 1.82) is 0 Å². The zero-order valence-corrected chi connectivity index (χ0v) is 10.8. The molecule has 0 fully saturated rings. The van der Waals surface area contributed by atoms with Crippen molar-refractivity contribution in [2.45, 2.75) is 12.3 Å². The summed E-state index contributed by atoms with van der Waals surface area (Å²) in [5, 5.41) is 0. The lowest BCUT2D eigenvalue weighted by molar-refractivity contribution is -0.137. The number of hydrogen-bond donors (Lipinski definition) is 1. The van der Waals surface area contributed by atoms with E-state index in [0.29, 0.717) is 5.56 Å². The lowest BCUT2D eigenvalue weighted by atomic mass is 10.0. The Labute approximate surface area is 109 Å². The molecule has 1 aromatic rings. The summed E-state index contributed by atoms with van der Waals surface area (Å²) in [7, 11) is 2.75. The Kier molecular flexibility index (Phi) is 6.45. The Morgan fingerprint density at radius 3 is 2.28 bits per heavy atom. The number of rotatable bonds is 4. The molecule has 7 heteroatoms. The molecule has 0 saturated carbocycles. The predicted octanol–water partition coefficient (Wildman–Crippen LogP) is 2.78. The Bertz CT molecular complexity index is 381. The number of methoxy groups -OCH3 is 2. The molecule has 0 saturated heterocycles. The summed E-state index contributed by atoms with van der Waals surface area (Å²) in [6, 6.07) is 3.25. The van der Waals surface area contributed by atoms with E-state index in [1.807, 2.05) is 0 Å². The van der Waals surface area contributed by atoms with Crippen LogP contribution >= 0.6 is 12.4 Å². The van der Waals surface area contributed by atoms with E-state index in [-0.39, 0.29) is 24.7 Å². The molecule has 2 N–H and O–H groups in total. The van der Waals surface area contributed by atoms with E-state index in [1.165, 1.54) is 20.3 Å². The second kappa shape index (κ2) is 6.82. The highest BCUT2D eigenvalue weighted by Crippen LogP contribution is 2.35. The average molecular weight is 286 g/mol. The summed E-state index contributed by atoms with van der Waals surface area (Å²) in [5.41, 5.74) is 5.21. The van der Waals surface area contributed by atoms with Crippen LogP contribution in [0.3, 0.4) is 0 Å². The molecule has 0 radical (unpaired) electrons. The summed E-state index contributed by atoms with van der Waals surface area (Å²) >= 11 is 0. The maximum Gasteiger partial charge on any atom is 0.416 e. The molecule has 0 bridgehead atoms. The third-order valence-corrected chi connectivity index (χ3v) is 2.41. The van der Waals surface area contributed by atoms with Crippen molar-refractivity contribution in [1.82, 2.24) is 0 Å². The smallest absolute Gasteiger partial charge is 0.416 e. The number of nitrogens with two attached hydrogens (primary N) is 1. The predicted molar refractivity (Wildman–Crippen MR) is 64.0 cm³/mol. The number of halogens is 4. The van der Waals surface area contributed by atoms with Gasteiger partial charge in [0.25, 0.3) is 0 Å². The van der Waals surface area contributed by atoms with Crippen molar-refractivity contribution < 1.29 is 22.6 Å². The van der Waals surface area contributed by atoms with Crippen LogP contribution in [0.15, 0.2) is 18.2 Å². The second-order valence-electron chi connectivity index (χ2n) is 3.41. The van der Waals surface area contributed by atoms with Gasteiger partial charge < -0.3 is 15.2 Å². The molecule has 0 heterocycles. The van der Waals surface area contributed by atoms with Crippen molar-refractivity contribution in [3.63, 3.8) is 0 Å². The molecule has 0 aliphatic heterocycles. The van der Waals surface area contributed by atoms with Crippen LogP contribution < -0.4 is 10.5 Å². The molecular weight excluding hydrogens is 271 g/mol. The molecule has 1 atom stereocenters. The molecule has 0 aliphatic rings. The Balaban J connectivity index is 0.00000289. The topological polar surface area (TPSA) is 44.5 Å². The van der Waals surface area contributed by atoms with Crippen molar-refractivity contribution >= 4 is 12.4 Å². The Morgan fingerprint density at radius 1 is 1.28 bits per heavy atom. The van der Waals surface area contributed by atoms with Gasteiger partial charge in [0.15, 0.2) is 0 Å². The zero-order chi connectivity index (χ0) is 13.1. The lowest BCUT2D eigenvalue weighted by Crippen LogP contribution is -2.16. The van der Waals surface area contributed by atoms with Gasteiger partial charge in [-0.3, -0.25) is 0 Å². The monoisotopic (exact) mass is 285 g/mol. The van der Waals surface area contributed by atoms with Gasteiger partial charge in [-0.25, -0.2) is 0 Å². The van der Waals surface area contributed by atoms with E-state index in [2.05, 4.69) is 0 Å². The molecule has 0 amide bonds. The highest BCUT2D eigenvalue weighted by Gasteiger charge is 2.31. The number of alkyl halides is 3. The molecule has 0 aromatic heterocycles. The highest BCUT2D eigenvalue weighted by molar-refractivity contribution is 5.85. The van der Waals surface area contributed by atoms with Crippen molar-refractivity contribution in [3.05, 3.63) is 29.3 Å². The van der Waals surface area contributed by atoms with Crippen LogP contribution in [0.4, 0.5) is 13.2 Å². The van der Waals surface area contributed by atoms with Gasteiger partial charge in [-0.05, 0) is 12.1 Å². The van der Waals surface area contributed by atoms with Crippen molar-refractivity contribution in [2.75, 3.05) is 20.8 Å². The Morgan fingerprint density at radius 2 is 1.89 bits per heavy atom. The first-order valence-corrected chi connectivity index (χ1v) is 4.92. The van der Waals surface area contributed by atoms with Gasteiger partial charge in [-0.2, -0.15) is 13.2 Å². The van der Waals surface area contributed by atoms with E-state index in [9.17, 15) is 13.2 Å². The normalized spacial score (nSPS) is 12.8. The first-order valence-electron chi connectivity index (χ1n) is 4.92. The van der Waals surface area contributed by atoms with Gasteiger partial charge in [0.1, 0.15) is 5.75 Å². The minimum atomic E-state index is -4.39. The molecule has 1 rings (SSSR count). The van der Waals surface area contributed by atoms with Crippen LogP contribution in [0.1, 0.15) is 17.2 Å². The van der Waals surface area contributed by atoms with E-state index < -0.39 is 17.8 Å². The van der Waals surface area contributed by atoms with E-state index in [1.54, 1.807) is 0 Å². The van der Waals surface area contributed by atoms with Gasteiger partial charge in [-0.15, -0.1) is 12.4 Å². The number of benzene rings is 1. The minimum absolute atomic E-state index is 0. The van der Waals surface area contributed by atoms with Gasteiger partial charge >= 0.3 is 6.18 Å². The molecule has 3 nitrogen and oxygen atoms in total. The van der Waals surface area contributed by atoms with E-state index in [0.717, 1.165) is 12.1 Å². The maximum atomic E-state index is 12.5. The van der Waals surface area contributed by atoms with Crippen LogP contribution in [-0.2, 0) is 10.9 Å². The largest absolute Gasteiger partial charge is 0.496 e. The quantitative estimate of drug-likeness (QED) is 0.925. The maximum absolute atomic E-state index is 12.5. The fraction of sp³-hybridized carbons (Fsp3) is 0.455.